The average molecular weight is 705 g/mol. The molecule has 2 aliphatic rings. The first-order chi connectivity index (χ1) is 21.6. The Morgan fingerprint density at radius 2 is 1.67 bits per heavy atom. The van der Waals surface area contributed by atoms with Crippen molar-refractivity contribution in [1.29, 1.82) is 5.26 Å². The number of benzene rings is 3. The van der Waals surface area contributed by atoms with Gasteiger partial charge in [-0.05, 0) is 59.5 Å². The zero-order valence-corrected chi connectivity index (χ0v) is 26.6. The van der Waals surface area contributed by atoms with Gasteiger partial charge in [-0.15, -0.1) is 0 Å². The van der Waals surface area contributed by atoms with Gasteiger partial charge >= 0.3 is 119 Å². The number of aromatic hydroxyl groups is 1. The van der Waals surface area contributed by atoms with E-state index in [0.717, 1.165) is 46.9 Å². The fourth-order valence-electron chi connectivity index (χ4n) is 5.69. The Kier molecular flexibility index (Phi) is 10.8. The number of phenolic OH excluding ortho intramolecular Hbond substituents is 1. The minimum absolute atomic E-state index is 0.00656. The van der Waals surface area contributed by atoms with Crippen molar-refractivity contribution in [1.82, 2.24) is 0 Å². The van der Waals surface area contributed by atoms with Crippen LogP contribution in [-0.2, 0) is 9.53 Å². The zero-order chi connectivity index (χ0) is 32.0. The van der Waals surface area contributed by atoms with Crippen LogP contribution in [0.15, 0.2) is 72.8 Å². The van der Waals surface area contributed by atoms with E-state index in [1.807, 2.05) is 12.1 Å². The summed E-state index contributed by atoms with van der Waals surface area (Å²) in [7, 11) is 0. The van der Waals surface area contributed by atoms with Crippen molar-refractivity contribution in [3.63, 3.8) is 0 Å². The van der Waals surface area contributed by atoms with Crippen LogP contribution in [0.5, 0.6) is 5.75 Å². The van der Waals surface area contributed by atoms with Gasteiger partial charge in [0.1, 0.15) is 23.4 Å². The number of phenols is 1. The van der Waals surface area contributed by atoms with Crippen molar-refractivity contribution in [2.24, 2.45) is 0 Å². The zero-order valence-electron chi connectivity index (χ0n) is 24.1. The Hall–Kier alpha value is -3.49. The van der Waals surface area contributed by atoms with Gasteiger partial charge in [0.2, 0.25) is 0 Å². The molecule has 6 nitrogen and oxygen atoms in total. The summed E-state index contributed by atoms with van der Waals surface area (Å²) < 4.78 is 61.9. The summed E-state index contributed by atoms with van der Waals surface area (Å²) in [6.07, 6.45) is -2.04. The third-order valence-electron chi connectivity index (χ3n) is 7.63. The first-order valence-corrected chi connectivity index (χ1v) is 17.5. The second-order valence-electron chi connectivity index (χ2n) is 10.8. The number of nitriles is 1. The molecule has 0 spiro atoms. The quantitative estimate of drug-likeness (QED) is 0.0818. The molecule has 2 bridgehead atoms. The van der Waals surface area contributed by atoms with Crippen LogP contribution in [0.2, 0.25) is 5.32 Å². The number of alkyl halides is 3. The SMILES string of the molecule is N#C[Se]CCCCCC(=O)Nc1ccc(C2=C(c3ccc(O)cc3)C3CC(N(SCC(F)(F)F)c4ccc(F)cc4)C2O3)cc1. The maximum absolute atomic E-state index is 13.7. The normalized spacial score (nSPS) is 19.0. The number of fused-ring (bicyclic) bond motifs is 2. The molecular weight excluding hydrogens is 673 g/mol. The number of nitrogens with one attached hydrogen (secondary N) is 1. The number of rotatable bonds is 13. The topological polar surface area (TPSA) is 85.6 Å². The fraction of sp³-hybridized carbons (Fsp3) is 0.333. The monoisotopic (exact) mass is 705 g/mol. The first kappa shape index (κ1) is 32.9. The van der Waals surface area contributed by atoms with Gasteiger partial charge in [-0.3, -0.25) is 0 Å². The van der Waals surface area contributed by atoms with E-state index in [1.165, 1.54) is 24.3 Å². The standard InChI is InChI=1S/C33H31F4N3O3SSe/c34-23-9-13-25(14-10-23)40(44-19-33(35,36)37)27-18-28-30(21-7-15-26(41)16-8-21)31(32(27)43-28)22-5-11-24(12-6-22)39-29(42)4-2-1-3-17-45-20-38/h5-16,27-28,32,41H,1-4,17-19H2,(H,39,42). The Morgan fingerprint density at radius 3 is 2.33 bits per heavy atom. The van der Waals surface area contributed by atoms with Crippen molar-refractivity contribution in [2.45, 2.75) is 61.8 Å². The number of carbonyl (C=O) groups excluding carboxylic acids is 1. The van der Waals surface area contributed by atoms with Crippen molar-refractivity contribution < 1.29 is 32.2 Å². The molecule has 1 saturated heterocycles. The summed E-state index contributed by atoms with van der Waals surface area (Å²) in [5.41, 5.74) is 4.41. The third kappa shape index (κ3) is 8.41. The summed E-state index contributed by atoms with van der Waals surface area (Å²) in [6.45, 7) is 0. The number of hydrogen-bond donors (Lipinski definition) is 2. The van der Waals surface area contributed by atoms with E-state index in [4.69, 9.17) is 10.00 Å². The van der Waals surface area contributed by atoms with Gasteiger partial charge < -0.3 is 14.1 Å². The number of unbranched alkanes of at least 4 members (excludes halogenated alkanes) is 2. The third-order valence-corrected chi connectivity index (χ3v) is 10.2. The Morgan fingerprint density at radius 1 is 1.00 bits per heavy atom. The van der Waals surface area contributed by atoms with Gasteiger partial charge in [-0.2, -0.15) is 13.2 Å². The molecule has 45 heavy (non-hydrogen) atoms. The maximum atomic E-state index is 13.7. The van der Waals surface area contributed by atoms with Gasteiger partial charge in [0.15, 0.2) is 0 Å². The molecule has 0 aromatic heterocycles. The van der Waals surface area contributed by atoms with Crippen LogP contribution in [0.25, 0.3) is 11.1 Å². The second-order valence-corrected chi connectivity index (χ2v) is 13.6. The first-order valence-electron chi connectivity index (χ1n) is 14.5. The Balaban J connectivity index is 1.40. The van der Waals surface area contributed by atoms with Crippen molar-refractivity contribution >= 4 is 55.3 Å². The molecule has 0 aliphatic carbocycles. The number of hydrogen-bond acceptors (Lipinski definition) is 6. The van der Waals surface area contributed by atoms with Crippen LogP contribution in [0.1, 0.15) is 43.2 Å². The van der Waals surface area contributed by atoms with E-state index in [9.17, 15) is 27.5 Å². The van der Waals surface area contributed by atoms with Crippen LogP contribution >= 0.6 is 11.9 Å². The van der Waals surface area contributed by atoms with E-state index in [1.54, 1.807) is 40.7 Å². The minimum atomic E-state index is -4.41. The van der Waals surface area contributed by atoms with Gasteiger partial charge in [0, 0.05) is 12.1 Å². The van der Waals surface area contributed by atoms with Crippen LogP contribution in [0, 0.1) is 16.0 Å². The summed E-state index contributed by atoms with van der Waals surface area (Å²) >= 11 is 0.638. The van der Waals surface area contributed by atoms with Gasteiger partial charge in [0.05, 0.1) is 12.1 Å². The summed E-state index contributed by atoms with van der Waals surface area (Å²) in [5, 5.41) is 22.4. The molecule has 5 rings (SSSR count). The average Bonchev–Trinajstić information content (AvgIpc) is 3.60. The van der Waals surface area contributed by atoms with Crippen molar-refractivity contribution in [3.05, 3.63) is 89.7 Å². The van der Waals surface area contributed by atoms with E-state index < -0.39 is 36.0 Å². The number of ether oxygens (including phenoxy) is 1. The molecule has 3 aromatic rings. The van der Waals surface area contributed by atoms with Gasteiger partial charge in [-0.25, -0.2) is 4.39 Å². The molecule has 3 atom stereocenters. The van der Waals surface area contributed by atoms with E-state index in [2.05, 4.69) is 10.3 Å². The Bertz CT molecular complexity index is 1540. The molecule has 3 aromatic carbocycles. The van der Waals surface area contributed by atoms with E-state index in [-0.39, 0.29) is 26.6 Å². The van der Waals surface area contributed by atoms with Crippen molar-refractivity contribution in [3.8, 4) is 10.7 Å². The predicted octanol–water partition coefficient (Wildman–Crippen LogP) is 7.80. The number of halogens is 4. The molecule has 2 heterocycles. The van der Waals surface area contributed by atoms with Crippen LogP contribution in [-0.4, -0.2) is 56.1 Å². The molecule has 2 aliphatic heterocycles. The summed E-state index contributed by atoms with van der Waals surface area (Å²) in [5.74, 6) is -1.59. The molecular formula is C33H31F4N3O3SSe. The molecule has 3 unspecified atom stereocenters. The van der Waals surface area contributed by atoms with Gasteiger partial charge in [-0.1, -0.05) is 12.1 Å². The number of amides is 1. The predicted molar refractivity (Wildman–Crippen MR) is 169 cm³/mol. The number of anilines is 2. The molecule has 236 valence electrons. The number of carbonyl (C=O) groups is 1. The summed E-state index contributed by atoms with van der Waals surface area (Å²) in [4.78, 5) is 14.7. The molecule has 12 heteroatoms. The molecule has 1 fully saturated rings. The number of nitrogens with zero attached hydrogens (tertiary/aromatic N) is 2. The molecule has 0 saturated carbocycles. The second kappa shape index (κ2) is 14.7. The van der Waals surface area contributed by atoms with Crippen LogP contribution in [0.4, 0.5) is 28.9 Å². The Labute approximate surface area is 269 Å². The fourth-order valence-corrected chi connectivity index (χ4v) is 7.56. The van der Waals surface area contributed by atoms with Gasteiger partial charge in [0.25, 0.3) is 0 Å². The van der Waals surface area contributed by atoms with Crippen LogP contribution < -0.4 is 9.62 Å². The van der Waals surface area contributed by atoms with E-state index in [0.29, 0.717) is 36.2 Å². The van der Waals surface area contributed by atoms with Crippen LogP contribution in [0.3, 0.4) is 0 Å². The van der Waals surface area contributed by atoms with Crippen molar-refractivity contribution in [2.75, 3.05) is 15.4 Å². The molecule has 0 radical (unpaired) electrons. The molecule has 2 N–H and O–H groups in total. The molecule has 1 amide bonds. The van der Waals surface area contributed by atoms with E-state index >= 15 is 0 Å². The summed E-state index contributed by atoms with van der Waals surface area (Å²) in [6, 6.07) is 19.0.